The van der Waals surface area contributed by atoms with Crippen molar-refractivity contribution < 1.29 is 4.79 Å². The lowest BCUT2D eigenvalue weighted by atomic mass is 10.1. The van der Waals surface area contributed by atoms with E-state index < -0.39 is 5.91 Å². The summed E-state index contributed by atoms with van der Waals surface area (Å²) in [5.74, 6) is -0.418. The Morgan fingerprint density at radius 2 is 1.77 bits per heavy atom. The second-order valence-corrected chi connectivity index (χ2v) is 5.79. The summed E-state index contributed by atoms with van der Waals surface area (Å²) in [7, 11) is 1.82. The van der Waals surface area contributed by atoms with Crippen molar-refractivity contribution in [1.29, 1.82) is 0 Å². The molecule has 1 aromatic heterocycles. The Kier molecular flexibility index (Phi) is 3.81. The van der Waals surface area contributed by atoms with Crippen LogP contribution in [0.2, 0.25) is 0 Å². The van der Waals surface area contributed by atoms with Crippen LogP contribution >= 0.6 is 15.9 Å². The van der Waals surface area contributed by atoms with Crippen molar-refractivity contribution in [1.82, 2.24) is 4.57 Å². The molecule has 3 rings (SSSR count). The van der Waals surface area contributed by atoms with Crippen LogP contribution in [0.5, 0.6) is 0 Å². The zero-order chi connectivity index (χ0) is 15.7. The third-order valence-electron chi connectivity index (χ3n) is 3.46. The molecule has 4 nitrogen and oxygen atoms in total. The van der Waals surface area contributed by atoms with Gasteiger partial charge in [0.2, 0.25) is 5.43 Å². The first-order valence-electron chi connectivity index (χ1n) is 6.72. The lowest BCUT2D eigenvalue weighted by Gasteiger charge is -2.10. The van der Waals surface area contributed by atoms with Gasteiger partial charge in [-0.3, -0.25) is 9.59 Å². The van der Waals surface area contributed by atoms with Gasteiger partial charge in [0, 0.05) is 23.1 Å². The van der Waals surface area contributed by atoms with Gasteiger partial charge in [0.25, 0.3) is 5.91 Å². The summed E-state index contributed by atoms with van der Waals surface area (Å²) in [6, 6.07) is 14.5. The Morgan fingerprint density at radius 3 is 2.55 bits per heavy atom. The summed E-state index contributed by atoms with van der Waals surface area (Å²) in [6.07, 6.45) is 1.57. The first-order chi connectivity index (χ1) is 10.6. The molecule has 0 fully saturated rings. The summed E-state index contributed by atoms with van der Waals surface area (Å²) in [5.41, 5.74) is 1.28. The van der Waals surface area contributed by atoms with Gasteiger partial charge in [0.05, 0.1) is 11.2 Å². The molecule has 0 spiro atoms. The number of carbonyl (C=O) groups excluding carboxylic acids is 1. The number of para-hydroxylation sites is 2. The fourth-order valence-electron chi connectivity index (χ4n) is 2.35. The van der Waals surface area contributed by atoms with E-state index in [2.05, 4.69) is 21.2 Å². The van der Waals surface area contributed by atoms with Crippen LogP contribution in [-0.2, 0) is 7.05 Å². The molecule has 0 aliphatic rings. The maximum Gasteiger partial charge on any atom is 0.261 e. The minimum absolute atomic E-state index is 0.122. The van der Waals surface area contributed by atoms with E-state index in [-0.39, 0.29) is 11.0 Å². The Hall–Kier alpha value is -2.40. The third kappa shape index (κ3) is 2.55. The summed E-state index contributed by atoms with van der Waals surface area (Å²) in [6.45, 7) is 0. The fraction of sp³-hybridized carbons (Fsp3) is 0.0588. The molecule has 2 aromatic carbocycles. The molecule has 110 valence electrons. The number of carbonyl (C=O) groups is 1. The second-order valence-electron chi connectivity index (χ2n) is 4.93. The van der Waals surface area contributed by atoms with Gasteiger partial charge in [-0.2, -0.15) is 0 Å². The van der Waals surface area contributed by atoms with E-state index in [0.717, 1.165) is 9.99 Å². The maximum absolute atomic E-state index is 12.5. The minimum atomic E-state index is -0.418. The van der Waals surface area contributed by atoms with Crippen molar-refractivity contribution >= 4 is 38.4 Å². The molecule has 3 aromatic rings. The van der Waals surface area contributed by atoms with Gasteiger partial charge in [0.15, 0.2) is 0 Å². The van der Waals surface area contributed by atoms with Gasteiger partial charge in [-0.05, 0) is 40.2 Å². The first-order valence-corrected chi connectivity index (χ1v) is 7.51. The molecule has 1 amide bonds. The molecule has 1 heterocycles. The van der Waals surface area contributed by atoms with Crippen molar-refractivity contribution in [2.75, 3.05) is 5.32 Å². The molecule has 0 saturated heterocycles. The Labute approximate surface area is 135 Å². The highest BCUT2D eigenvalue weighted by Crippen LogP contribution is 2.21. The standard InChI is InChI=1S/C17H13BrN2O2/c1-20-10-12(16(21)11-6-2-5-9-15(11)20)17(22)19-14-8-4-3-7-13(14)18/h2-10H,1H3,(H,19,22). The van der Waals surface area contributed by atoms with Crippen molar-refractivity contribution in [2.24, 2.45) is 7.05 Å². The van der Waals surface area contributed by atoms with E-state index in [1.165, 1.54) is 0 Å². The summed E-state index contributed by atoms with van der Waals surface area (Å²) in [5, 5.41) is 3.29. The number of hydrogen-bond donors (Lipinski definition) is 1. The van der Waals surface area contributed by atoms with Gasteiger partial charge in [0.1, 0.15) is 5.56 Å². The fourth-order valence-corrected chi connectivity index (χ4v) is 2.74. The number of hydrogen-bond acceptors (Lipinski definition) is 2. The number of rotatable bonds is 2. The van der Waals surface area contributed by atoms with Crippen molar-refractivity contribution in [3.63, 3.8) is 0 Å². The zero-order valence-electron chi connectivity index (χ0n) is 11.8. The molecule has 0 aliphatic carbocycles. The van der Waals surface area contributed by atoms with Gasteiger partial charge in [-0.15, -0.1) is 0 Å². The Morgan fingerprint density at radius 1 is 1.09 bits per heavy atom. The van der Waals surface area contributed by atoms with Gasteiger partial charge >= 0.3 is 0 Å². The van der Waals surface area contributed by atoms with Crippen LogP contribution in [0.3, 0.4) is 0 Å². The maximum atomic E-state index is 12.5. The Bertz CT molecular complexity index is 931. The molecular weight excluding hydrogens is 344 g/mol. The highest BCUT2D eigenvalue weighted by Gasteiger charge is 2.15. The molecule has 5 heteroatoms. The average molecular weight is 357 g/mol. The highest BCUT2D eigenvalue weighted by atomic mass is 79.9. The van der Waals surface area contributed by atoms with E-state index in [0.29, 0.717) is 11.1 Å². The second kappa shape index (κ2) is 5.77. The van der Waals surface area contributed by atoms with Crippen LogP contribution in [0.15, 0.2) is 64.0 Å². The number of aryl methyl sites for hydroxylation is 1. The molecule has 0 bridgehead atoms. The molecule has 0 aliphatic heterocycles. The lowest BCUT2D eigenvalue weighted by Crippen LogP contribution is -2.23. The number of halogens is 1. The van der Waals surface area contributed by atoms with E-state index in [9.17, 15) is 9.59 Å². The van der Waals surface area contributed by atoms with Crippen LogP contribution in [0, 0.1) is 0 Å². The number of amides is 1. The van der Waals surface area contributed by atoms with Crippen LogP contribution in [0.1, 0.15) is 10.4 Å². The highest BCUT2D eigenvalue weighted by molar-refractivity contribution is 9.10. The van der Waals surface area contributed by atoms with Gasteiger partial charge < -0.3 is 9.88 Å². The molecule has 0 saturated carbocycles. The van der Waals surface area contributed by atoms with Crippen molar-refractivity contribution in [3.05, 3.63) is 75.0 Å². The predicted octanol–water partition coefficient (Wildman–Crippen LogP) is 3.55. The normalized spacial score (nSPS) is 10.6. The van der Waals surface area contributed by atoms with Gasteiger partial charge in [-0.1, -0.05) is 24.3 Å². The van der Waals surface area contributed by atoms with E-state index in [4.69, 9.17) is 0 Å². The van der Waals surface area contributed by atoms with Gasteiger partial charge in [-0.25, -0.2) is 0 Å². The number of fused-ring (bicyclic) bond motifs is 1. The van der Waals surface area contributed by atoms with E-state index in [1.807, 2.05) is 37.4 Å². The SMILES string of the molecule is Cn1cc(C(=O)Nc2ccccc2Br)c(=O)c2ccccc21. The number of nitrogens with zero attached hydrogens (tertiary/aromatic N) is 1. The number of aromatic nitrogens is 1. The summed E-state index contributed by atoms with van der Waals surface area (Å²) in [4.78, 5) is 24.9. The number of benzene rings is 2. The minimum Gasteiger partial charge on any atom is -0.350 e. The van der Waals surface area contributed by atoms with Crippen molar-refractivity contribution in [3.8, 4) is 0 Å². The van der Waals surface area contributed by atoms with Crippen molar-refractivity contribution in [2.45, 2.75) is 0 Å². The molecule has 0 radical (unpaired) electrons. The molecular formula is C17H13BrN2O2. The molecule has 0 unspecified atom stereocenters. The molecule has 1 N–H and O–H groups in total. The number of nitrogens with one attached hydrogen (secondary N) is 1. The lowest BCUT2D eigenvalue weighted by molar-refractivity contribution is 0.102. The zero-order valence-corrected chi connectivity index (χ0v) is 13.4. The molecule has 0 atom stereocenters. The van der Waals surface area contributed by atoms with E-state index in [1.54, 1.807) is 29.0 Å². The third-order valence-corrected chi connectivity index (χ3v) is 4.15. The predicted molar refractivity (Wildman–Crippen MR) is 91.3 cm³/mol. The quantitative estimate of drug-likeness (QED) is 0.763. The van der Waals surface area contributed by atoms with Crippen LogP contribution in [0.4, 0.5) is 5.69 Å². The Balaban J connectivity index is 2.07. The average Bonchev–Trinajstić information content (AvgIpc) is 2.53. The smallest absolute Gasteiger partial charge is 0.261 e. The first kappa shape index (κ1) is 14.5. The largest absolute Gasteiger partial charge is 0.350 e. The van der Waals surface area contributed by atoms with Crippen LogP contribution in [-0.4, -0.2) is 10.5 Å². The van der Waals surface area contributed by atoms with Crippen LogP contribution < -0.4 is 10.7 Å². The molecule has 22 heavy (non-hydrogen) atoms. The van der Waals surface area contributed by atoms with E-state index >= 15 is 0 Å². The number of pyridine rings is 1. The number of anilines is 1. The summed E-state index contributed by atoms with van der Waals surface area (Å²) >= 11 is 3.37. The summed E-state index contributed by atoms with van der Waals surface area (Å²) < 4.78 is 2.55. The monoisotopic (exact) mass is 356 g/mol. The topological polar surface area (TPSA) is 51.1 Å². The van der Waals surface area contributed by atoms with Crippen LogP contribution in [0.25, 0.3) is 10.9 Å².